The quantitative estimate of drug-likeness (QED) is 0.751. The summed E-state index contributed by atoms with van der Waals surface area (Å²) < 4.78 is 0. The smallest absolute Gasteiger partial charge is 0.405 e. The maximum Gasteiger partial charge on any atom is 0.405 e. The van der Waals surface area contributed by atoms with Gasteiger partial charge in [-0.25, -0.2) is 14.6 Å². The first-order chi connectivity index (χ1) is 7.95. The van der Waals surface area contributed by atoms with Gasteiger partial charge in [-0.2, -0.15) is 0 Å². The minimum atomic E-state index is -1.15. The molecule has 0 aliphatic heterocycles. The van der Waals surface area contributed by atoms with Crippen LogP contribution in [-0.4, -0.2) is 27.3 Å². The highest BCUT2D eigenvalue weighted by Gasteiger charge is 2.20. The molecule has 0 spiro atoms. The predicted molar refractivity (Wildman–Crippen MR) is 62.6 cm³/mol. The first kappa shape index (κ1) is 13.4. The summed E-state index contributed by atoms with van der Waals surface area (Å²) in [4.78, 5) is 26.0. The number of thiazole rings is 1. The van der Waals surface area contributed by atoms with Crippen LogP contribution >= 0.6 is 11.3 Å². The Bertz CT molecular complexity index is 430. The second-order valence-corrected chi connectivity index (χ2v) is 4.71. The molecule has 1 aromatic heterocycles. The van der Waals surface area contributed by atoms with E-state index in [1.165, 1.54) is 11.3 Å². The summed E-state index contributed by atoms with van der Waals surface area (Å²) in [5, 5.41) is 20.1. The van der Waals surface area contributed by atoms with Crippen molar-refractivity contribution in [2.75, 3.05) is 0 Å². The fraction of sp³-hybridized carbons (Fsp3) is 0.500. The molecule has 6 nitrogen and oxygen atoms in total. The zero-order valence-electron chi connectivity index (χ0n) is 9.56. The van der Waals surface area contributed by atoms with E-state index in [4.69, 9.17) is 10.2 Å². The highest BCUT2D eigenvalue weighted by Crippen LogP contribution is 2.29. The number of aromatic carboxylic acids is 1. The Labute approximate surface area is 102 Å². The molecule has 0 radical (unpaired) electrons. The van der Waals surface area contributed by atoms with E-state index in [0.29, 0.717) is 9.88 Å². The van der Waals surface area contributed by atoms with Crippen molar-refractivity contribution in [3.8, 4) is 0 Å². The zero-order chi connectivity index (χ0) is 13.0. The van der Waals surface area contributed by atoms with Crippen LogP contribution in [0.4, 0.5) is 4.79 Å². The molecule has 1 heterocycles. The van der Waals surface area contributed by atoms with Gasteiger partial charge < -0.3 is 15.5 Å². The number of aromatic nitrogens is 1. The number of hydrogen-bond acceptors (Lipinski definition) is 4. The van der Waals surface area contributed by atoms with Crippen LogP contribution < -0.4 is 5.32 Å². The summed E-state index contributed by atoms with van der Waals surface area (Å²) in [7, 11) is 0. The Hall–Kier alpha value is -1.63. The van der Waals surface area contributed by atoms with Crippen LogP contribution in [0.3, 0.4) is 0 Å². The number of amides is 1. The van der Waals surface area contributed by atoms with Crippen molar-refractivity contribution in [2.45, 2.75) is 32.7 Å². The molecule has 0 aliphatic carbocycles. The molecule has 7 heteroatoms. The van der Waals surface area contributed by atoms with E-state index in [2.05, 4.69) is 10.3 Å². The van der Waals surface area contributed by atoms with Gasteiger partial charge in [-0.15, -0.1) is 11.3 Å². The summed E-state index contributed by atoms with van der Waals surface area (Å²) in [6.45, 7) is 3.93. The van der Waals surface area contributed by atoms with E-state index in [0.717, 1.165) is 6.42 Å². The van der Waals surface area contributed by atoms with Crippen LogP contribution in [0.5, 0.6) is 0 Å². The van der Waals surface area contributed by atoms with Gasteiger partial charge in [-0.3, -0.25) is 0 Å². The van der Waals surface area contributed by atoms with E-state index in [1.54, 1.807) is 0 Å². The molecule has 0 saturated heterocycles. The van der Waals surface area contributed by atoms with Crippen molar-refractivity contribution in [2.24, 2.45) is 0 Å². The summed E-state index contributed by atoms with van der Waals surface area (Å²) in [6, 6.07) is 0. The molecule has 3 N–H and O–H groups in total. The minimum Gasteiger partial charge on any atom is -0.476 e. The van der Waals surface area contributed by atoms with Crippen molar-refractivity contribution >= 4 is 23.4 Å². The van der Waals surface area contributed by atoms with Crippen LogP contribution in [-0.2, 0) is 6.54 Å². The van der Waals surface area contributed by atoms with Crippen molar-refractivity contribution in [3.63, 3.8) is 0 Å². The van der Waals surface area contributed by atoms with Crippen molar-refractivity contribution < 1.29 is 19.8 Å². The molecule has 0 aliphatic rings. The van der Waals surface area contributed by atoms with Gasteiger partial charge in [-0.1, -0.05) is 13.8 Å². The molecule has 94 valence electrons. The molecule has 0 aromatic carbocycles. The lowest BCUT2D eigenvalue weighted by Crippen LogP contribution is -2.19. The van der Waals surface area contributed by atoms with Gasteiger partial charge in [0.25, 0.3) is 0 Å². The third-order valence-corrected chi connectivity index (χ3v) is 3.64. The molecule has 1 atom stereocenters. The Morgan fingerprint density at radius 1 is 1.47 bits per heavy atom. The van der Waals surface area contributed by atoms with Crippen molar-refractivity contribution in [1.82, 2.24) is 10.3 Å². The van der Waals surface area contributed by atoms with Gasteiger partial charge in [0.05, 0.1) is 6.54 Å². The summed E-state index contributed by atoms with van der Waals surface area (Å²) in [6.07, 6.45) is -0.337. The predicted octanol–water partition coefficient (Wildman–Crippen LogP) is 2.12. The molecule has 0 saturated carbocycles. The number of nitrogens with zero attached hydrogens (tertiary/aromatic N) is 1. The third kappa shape index (κ3) is 3.42. The van der Waals surface area contributed by atoms with Gasteiger partial charge in [0, 0.05) is 4.88 Å². The van der Waals surface area contributed by atoms with Crippen LogP contribution in [0, 0.1) is 0 Å². The molecule has 0 fully saturated rings. The van der Waals surface area contributed by atoms with Gasteiger partial charge in [-0.05, 0) is 12.3 Å². The van der Waals surface area contributed by atoms with E-state index < -0.39 is 12.1 Å². The maximum atomic E-state index is 11.0. The number of carboxylic acids is 1. The van der Waals surface area contributed by atoms with E-state index >= 15 is 0 Å². The standard InChI is InChI=1S/C10H14N2O4S/c1-3-5(2)8-7(9(13)14)12-6(17-8)4-11-10(15)16/h5,11H,3-4H2,1-2H3,(H,13,14)(H,15,16)/t5-/m0/s1. The number of carbonyl (C=O) groups is 2. The normalized spacial score (nSPS) is 12.1. The van der Waals surface area contributed by atoms with E-state index in [9.17, 15) is 9.59 Å². The van der Waals surface area contributed by atoms with Gasteiger partial charge >= 0.3 is 12.1 Å². The average molecular weight is 258 g/mol. The highest BCUT2D eigenvalue weighted by molar-refractivity contribution is 7.12. The molecule has 1 rings (SSSR count). The number of nitrogens with one attached hydrogen (secondary N) is 1. The Morgan fingerprint density at radius 3 is 2.59 bits per heavy atom. The number of carboxylic acid groups (broad SMARTS) is 2. The fourth-order valence-electron chi connectivity index (χ4n) is 1.28. The molecular weight excluding hydrogens is 244 g/mol. The molecular formula is C10H14N2O4S. The summed E-state index contributed by atoms with van der Waals surface area (Å²) >= 11 is 1.24. The SMILES string of the molecule is CC[C@H](C)c1sc(CNC(=O)O)nc1C(=O)O. The monoisotopic (exact) mass is 258 g/mol. The van der Waals surface area contributed by atoms with Gasteiger partial charge in [0.15, 0.2) is 5.69 Å². The van der Waals surface area contributed by atoms with Crippen LogP contribution in [0.1, 0.15) is 46.6 Å². The van der Waals surface area contributed by atoms with E-state index in [1.807, 2.05) is 13.8 Å². The van der Waals surface area contributed by atoms with Crippen molar-refractivity contribution in [3.05, 3.63) is 15.6 Å². The van der Waals surface area contributed by atoms with Crippen molar-refractivity contribution in [1.29, 1.82) is 0 Å². The topological polar surface area (TPSA) is 99.5 Å². The second kappa shape index (κ2) is 5.62. The molecule has 1 amide bonds. The highest BCUT2D eigenvalue weighted by atomic mass is 32.1. The zero-order valence-corrected chi connectivity index (χ0v) is 10.4. The Kier molecular flexibility index (Phi) is 4.45. The van der Waals surface area contributed by atoms with Crippen LogP contribution in [0.25, 0.3) is 0 Å². The van der Waals surface area contributed by atoms with E-state index in [-0.39, 0.29) is 18.2 Å². The largest absolute Gasteiger partial charge is 0.476 e. The number of hydrogen-bond donors (Lipinski definition) is 3. The maximum absolute atomic E-state index is 11.0. The molecule has 1 aromatic rings. The van der Waals surface area contributed by atoms with Gasteiger partial charge in [0.2, 0.25) is 0 Å². The molecule has 17 heavy (non-hydrogen) atoms. The lowest BCUT2D eigenvalue weighted by molar-refractivity contribution is 0.0689. The minimum absolute atomic E-state index is 0.0338. The molecule has 0 unspecified atom stereocenters. The first-order valence-corrected chi connectivity index (χ1v) is 5.97. The Balaban J connectivity index is 2.95. The lowest BCUT2D eigenvalue weighted by Gasteiger charge is -2.04. The fourth-order valence-corrected chi connectivity index (χ4v) is 2.41. The van der Waals surface area contributed by atoms with Crippen LogP contribution in [0.2, 0.25) is 0 Å². The summed E-state index contributed by atoms with van der Waals surface area (Å²) in [5.41, 5.74) is 0.0338. The summed E-state index contributed by atoms with van der Waals surface area (Å²) in [5.74, 6) is -0.963. The van der Waals surface area contributed by atoms with Crippen LogP contribution in [0.15, 0.2) is 0 Å². The molecule has 0 bridgehead atoms. The lowest BCUT2D eigenvalue weighted by atomic mass is 10.1. The first-order valence-electron chi connectivity index (χ1n) is 5.15. The third-order valence-electron chi connectivity index (χ3n) is 2.35. The Morgan fingerprint density at radius 2 is 2.12 bits per heavy atom. The average Bonchev–Trinajstić information content (AvgIpc) is 2.69. The van der Waals surface area contributed by atoms with Gasteiger partial charge in [0.1, 0.15) is 5.01 Å². The number of rotatable bonds is 5. The second-order valence-electron chi connectivity index (χ2n) is 3.59.